The van der Waals surface area contributed by atoms with Gasteiger partial charge in [0.25, 0.3) is 5.89 Å². The average Bonchev–Trinajstić information content (AvgIpc) is 3.04. The molecule has 1 saturated heterocycles. The Morgan fingerprint density at radius 2 is 2.23 bits per heavy atom. The lowest BCUT2D eigenvalue weighted by molar-refractivity contribution is -0.132. The van der Waals surface area contributed by atoms with E-state index in [2.05, 4.69) is 10.2 Å². The number of aromatic nitrogens is 2. The summed E-state index contributed by atoms with van der Waals surface area (Å²) in [4.78, 5) is 13.7. The Hall–Kier alpha value is -2.24. The van der Waals surface area contributed by atoms with Crippen LogP contribution in [0.1, 0.15) is 38.0 Å². The van der Waals surface area contributed by atoms with E-state index >= 15 is 0 Å². The van der Waals surface area contributed by atoms with Crippen LogP contribution in [0.5, 0.6) is 0 Å². The number of amides is 1. The molecular weight excluding hydrogens is 285 g/mol. The maximum Gasteiger partial charge on any atom is 0.250 e. The fourth-order valence-electron chi connectivity index (χ4n) is 2.77. The number of hydrogen-bond donors (Lipinski definition) is 0. The van der Waals surface area contributed by atoms with E-state index in [-0.39, 0.29) is 23.5 Å². The molecule has 22 heavy (non-hydrogen) atoms. The molecule has 5 nitrogen and oxygen atoms in total. The van der Waals surface area contributed by atoms with Crippen molar-refractivity contribution >= 4 is 5.91 Å². The van der Waals surface area contributed by atoms with Crippen molar-refractivity contribution in [1.29, 1.82) is 0 Å². The molecule has 0 unspecified atom stereocenters. The first kappa shape index (κ1) is 14.7. The summed E-state index contributed by atoms with van der Waals surface area (Å²) in [7, 11) is 0. The second-order valence-electron chi connectivity index (χ2n) is 5.46. The third-order valence-electron chi connectivity index (χ3n) is 3.97. The van der Waals surface area contributed by atoms with Crippen molar-refractivity contribution in [1.82, 2.24) is 15.1 Å². The van der Waals surface area contributed by atoms with E-state index < -0.39 is 0 Å². The van der Waals surface area contributed by atoms with Crippen LogP contribution in [0.4, 0.5) is 4.39 Å². The minimum atomic E-state index is -0.385. The summed E-state index contributed by atoms with van der Waals surface area (Å²) in [6.45, 7) is 3.22. The number of halogens is 1. The predicted molar refractivity (Wildman–Crippen MR) is 78.5 cm³/mol. The zero-order valence-electron chi connectivity index (χ0n) is 12.5. The first-order chi connectivity index (χ1) is 10.7. The largest absolute Gasteiger partial charge is 0.420 e. The Kier molecular flexibility index (Phi) is 4.18. The lowest BCUT2D eigenvalue weighted by Gasteiger charge is -2.30. The fourth-order valence-corrected chi connectivity index (χ4v) is 2.77. The number of hydrogen-bond acceptors (Lipinski definition) is 4. The van der Waals surface area contributed by atoms with E-state index in [1.165, 1.54) is 6.07 Å². The second kappa shape index (κ2) is 6.25. The Morgan fingerprint density at radius 1 is 1.41 bits per heavy atom. The van der Waals surface area contributed by atoms with E-state index in [1.807, 2.05) is 11.8 Å². The number of benzene rings is 1. The summed E-state index contributed by atoms with van der Waals surface area (Å²) < 4.78 is 19.4. The van der Waals surface area contributed by atoms with E-state index in [0.717, 1.165) is 19.4 Å². The normalized spacial score (nSPS) is 18.5. The molecule has 1 aromatic heterocycles. The molecule has 1 atom stereocenters. The van der Waals surface area contributed by atoms with Crippen LogP contribution in [-0.4, -0.2) is 34.1 Å². The minimum absolute atomic E-state index is 0.0253. The smallest absolute Gasteiger partial charge is 0.250 e. The summed E-state index contributed by atoms with van der Waals surface area (Å²) in [5.41, 5.74) is 0.304. The molecule has 0 N–H and O–H groups in total. The van der Waals surface area contributed by atoms with Crippen molar-refractivity contribution in [2.24, 2.45) is 0 Å². The molecule has 1 aromatic carbocycles. The molecule has 2 aromatic rings. The summed E-state index contributed by atoms with van der Waals surface area (Å²) in [6, 6.07) is 6.32. The van der Waals surface area contributed by atoms with Crippen LogP contribution in [0.25, 0.3) is 11.5 Å². The van der Waals surface area contributed by atoms with Crippen LogP contribution >= 0.6 is 0 Å². The second-order valence-corrected chi connectivity index (χ2v) is 5.46. The number of likely N-dealkylation sites (tertiary alicyclic amines) is 1. The number of piperidine rings is 1. The third kappa shape index (κ3) is 2.86. The molecule has 1 amide bonds. The maximum atomic E-state index is 13.8. The molecule has 1 fully saturated rings. The van der Waals surface area contributed by atoms with Crippen LogP contribution in [0.2, 0.25) is 0 Å². The van der Waals surface area contributed by atoms with Crippen molar-refractivity contribution in [3.63, 3.8) is 0 Å². The van der Waals surface area contributed by atoms with Gasteiger partial charge in [0.1, 0.15) is 5.82 Å². The van der Waals surface area contributed by atoms with Crippen LogP contribution in [0, 0.1) is 5.82 Å². The van der Waals surface area contributed by atoms with Crippen molar-refractivity contribution in [3.05, 3.63) is 36.0 Å². The summed E-state index contributed by atoms with van der Waals surface area (Å²) in [5, 5.41) is 8.01. The summed E-state index contributed by atoms with van der Waals surface area (Å²) in [5.74, 6) is 0.443. The van der Waals surface area contributed by atoms with Crippen LogP contribution in [0.15, 0.2) is 28.7 Å². The molecule has 116 valence electrons. The highest BCUT2D eigenvalue weighted by atomic mass is 19.1. The predicted octanol–water partition coefficient (Wildman–Crippen LogP) is 2.99. The van der Waals surface area contributed by atoms with Gasteiger partial charge < -0.3 is 9.32 Å². The van der Waals surface area contributed by atoms with E-state index in [0.29, 0.717) is 24.4 Å². The molecule has 0 saturated carbocycles. The van der Waals surface area contributed by atoms with Gasteiger partial charge in [-0.25, -0.2) is 4.39 Å². The molecule has 1 aliphatic rings. The van der Waals surface area contributed by atoms with Gasteiger partial charge in [-0.1, -0.05) is 19.1 Å². The van der Waals surface area contributed by atoms with E-state index in [4.69, 9.17) is 4.42 Å². The van der Waals surface area contributed by atoms with Gasteiger partial charge in [-0.3, -0.25) is 4.79 Å². The molecule has 0 spiro atoms. The van der Waals surface area contributed by atoms with Crippen LogP contribution in [0.3, 0.4) is 0 Å². The highest BCUT2D eigenvalue weighted by Gasteiger charge is 2.28. The Balaban J connectivity index is 1.79. The Labute approximate surface area is 128 Å². The van der Waals surface area contributed by atoms with Gasteiger partial charge in [0.15, 0.2) is 0 Å². The van der Waals surface area contributed by atoms with Gasteiger partial charge in [0.2, 0.25) is 11.8 Å². The number of rotatable bonds is 3. The highest BCUT2D eigenvalue weighted by Crippen LogP contribution is 2.29. The third-order valence-corrected chi connectivity index (χ3v) is 3.97. The van der Waals surface area contributed by atoms with Gasteiger partial charge in [-0.2, -0.15) is 0 Å². The zero-order valence-corrected chi connectivity index (χ0v) is 12.5. The lowest BCUT2D eigenvalue weighted by atomic mass is 9.98. The molecule has 6 heteroatoms. The van der Waals surface area contributed by atoms with Crippen LogP contribution < -0.4 is 0 Å². The highest BCUT2D eigenvalue weighted by molar-refractivity contribution is 5.76. The number of carbonyl (C=O) groups excluding carboxylic acids is 1. The first-order valence-corrected chi connectivity index (χ1v) is 7.55. The number of carbonyl (C=O) groups is 1. The van der Waals surface area contributed by atoms with Crippen LogP contribution in [-0.2, 0) is 4.79 Å². The average molecular weight is 303 g/mol. The molecular formula is C16H18FN3O2. The molecule has 2 heterocycles. The van der Waals surface area contributed by atoms with Gasteiger partial charge >= 0.3 is 0 Å². The van der Waals surface area contributed by atoms with Crippen molar-refractivity contribution < 1.29 is 13.6 Å². The lowest BCUT2D eigenvalue weighted by Crippen LogP contribution is -2.38. The zero-order chi connectivity index (χ0) is 15.5. The van der Waals surface area contributed by atoms with E-state index in [9.17, 15) is 9.18 Å². The Bertz CT molecular complexity index is 671. The molecule has 0 bridgehead atoms. The fraction of sp³-hybridized carbons (Fsp3) is 0.438. The van der Waals surface area contributed by atoms with E-state index in [1.54, 1.807) is 18.2 Å². The molecule has 0 aliphatic carbocycles. The SMILES string of the molecule is CCC(=O)N1CCC[C@H](c2nnc(-c3ccccc3F)o2)C1. The first-order valence-electron chi connectivity index (χ1n) is 7.55. The minimum Gasteiger partial charge on any atom is -0.420 e. The standard InChI is InChI=1S/C16H18FN3O2/c1-2-14(21)20-9-5-6-11(10-20)15-18-19-16(22-15)12-7-3-4-8-13(12)17/h3-4,7-8,11H,2,5-6,9-10H2,1H3/t11-/m0/s1. The topological polar surface area (TPSA) is 59.2 Å². The van der Waals surface area contributed by atoms with Crippen molar-refractivity contribution in [2.75, 3.05) is 13.1 Å². The summed E-state index contributed by atoms with van der Waals surface area (Å²) in [6.07, 6.45) is 2.30. The van der Waals surface area contributed by atoms with Crippen molar-refractivity contribution in [2.45, 2.75) is 32.1 Å². The van der Waals surface area contributed by atoms with Crippen molar-refractivity contribution in [3.8, 4) is 11.5 Å². The van der Waals surface area contributed by atoms with Gasteiger partial charge in [-0.05, 0) is 25.0 Å². The Morgan fingerprint density at radius 3 is 3.00 bits per heavy atom. The quantitative estimate of drug-likeness (QED) is 0.874. The molecule has 1 aliphatic heterocycles. The van der Waals surface area contributed by atoms with Gasteiger partial charge in [-0.15, -0.1) is 10.2 Å². The van der Waals surface area contributed by atoms with Gasteiger partial charge in [0, 0.05) is 19.5 Å². The molecule has 0 radical (unpaired) electrons. The number of nitrogens with zero attached hydrogens (tertiary/aromatic N) is 3. The maximum absolute atomic E-state index is 13.8. The summed E-state index contributed by atoms with van der Waals surface area (Å²) >= 11 is 0. The molecule has 3 rings (SSSR count). The van der Waals surface area contributed by atoms with Gasteiger partial charge in [0.05, 0.1) is 11.5 Å². The monoisotopic (exact) mass is 303 g/mol.